The summed E-state index contributed by atoms with van der Waals surface area (Å²) in [5, 5.41) is 9.76. The van der Waals surface area contributed by atoms with Gasteiger partial charge in [0.05, 0.1) is 5.92 Å². The van der Waals surface area contributed by atoms with E-state index in [0.29, 0.717) is 0 Å². The highest BCUT2D eigenvalue weighted by atomic mass is 35.5. The van der Waals surface area contributed by atoms with Crippen molar-refractivity contribution in [3.63, 3.8) is 0 Å². The Morgan fingerprint density at radius 3 is 2.13 bits per heavy atom. The number of aliphatic carboxylic acids is 1. The zero-order valence-corrected chi connectivity index (χ0v) is 10.7. The van der Waals surface area contributed by atoms with Crippen LogP contribution < -0.4 is 0 Å². The van der Waals surface area contributed by atoms with Gasteiger partial charge in [0.15, 0.2) is 0 Å². The van der Waals surface area contributed by atoms with Crippen molar-refractivity contribution in [2.75, 3.05) is 0 Å². The van der Waals surface area contributed by atoms with Crippen LogP contribution in [-0.2, 0) is 4.79 Å². The van der Waals surface area contributed by atoms with Crippen molar-refractivity contribution in [3.8, 4) is 0 Å². The van der Waals surface area contributed by atoms with Crippen molar-refractivity contribution < 1.29 is 9.90 Å². The normalized spacial score (nSPS) is 30.1. The highest BCUT2D eigenvalue weighted by Gasteiger charge is 2.61. The molecule has 0 saturated heterocycles. The molecule has 0 amide bonds. The zero-order valence-electron chi connectivity index (χ0n) is 9.97. The summed E-state index contributed by atoms with van der Waals surface area (Å²) in [7, 11) is 0. The summed E-state index contributed by atoms with van der Waals surface area (Å²) < 4.78 is 0. The van der Waals surface area contributed by atoms with E-state index in [-0.39, 0.29) is 22.7 Å². The van der Waals surface area contributed by atoms with E-state index >= 15 is 0 Å². The monoisotopic (exact) mass is 230 g/mol. The molecule has 1 rings (SSSR count). The molecule has 86 valence electrons. The summed E-state index contributed by atoms with van der Waals surface area (Å²) in [6.07, 6.45) is 1.92. The molecule has 0 radical (unpaired) electrons. The Bertz CT molecular complexity index is 310. The highest BCUT2D eigenvalue weighted by Crippen LogP contribution is 2.60. The first-order valence-corrected chi connectivity index (χ1v) is 5.57. The van der Waals surface area contributed by atoms with Crippen molar-refractivity contribution in [1.82, 2.24) is 0 Å². The predicted octanol–water partition coefficient (Wildman–Crippen LogP) is 3.51. The molecular weight excluding hydrogens is 212 g/mol. The number of hydrogen-bond acceptors (Lipinski definition) is 1. The fraction of sp³-hybridized carbons (Fsp3) is 0.750. The second-order valence-electron chi connectivity index (χ2n) is 5.93. The molecule has 1 aliphatic carbocycles. The van der Waals surface area contributed by atoms with Crippen molar-refractivity contribution in [3.05, 3.63) is 11.1 Å². The topological polar surface area (TPSA) is 37.3 Å². The average molecular weight is 231 g/mol. The van der Waals surface area contributed by atoms with Crippen LogP contribution in [0.15, 0.2) is 11.1 Å². The number of carboxylic acid groups (broad SMARTS) is 1. The number of carbonyl (C=O) groups is 1. The molecule has 0 aromatic heterocycles. The Morgan fingerprint density at radius 1 is 1.40 bits per heavy atom. The van der Waals surface area contributed by atoms with E-state index in [0.717, 1.165) is 5.03 Å². The van der Waals surface area contributed by atoms with Gasteiger partial charge in [-0.1, -0.05) is 52.3 Å². The van der Waals surface area contributed by atoms with Crippen LogP contribution in [0.5, 0.6) is 0 Å². The standard InChI is InChI=1S/C12H19ClO2/c1-11(2,3)8(13)6-7-9(10(14)15)12(7,4)5/h6-7,9H,1-5H3,(H,14,15)/b8-6-/t7-,9+/m1/s1. The van der Waals surface area contributed by atoms with E-state index in [1.807, 2.05) is 40.7 Å². The second-order valence-corrected chi connectivity index (χ2v) is 6.33. The lowest BCUT2D eigenvalue weighted by Gasteiger charge is -2.17. The van der Waals surface area contributed by atoms with Crippen LogP contribution in [-0.4, -0.2) is 11.1 Å². The number of hydrogen-bond donors (Lipinski definition) is 1. The molecule has 15 heavy (non-hydrogen) atoms. The summed E-state index contributed by atoms with van der Waals surface area (Å²) in [5.74, 6) is -0.935. The number of carboxylic acids is 1. The number of allylic oxidation sites excluding steroid dienone is 2. The molecule has 1 fully saturated rings. The first-order chi connectivity index (χ1) is 6.58. The quantitative estimate of drug-likeness (QED) is 0.788. The van der Waals surface area contributed by atoms with Crippen LogP contribution in [0.25, 0.3) is 0 Å². The van der Waals surface area contributed by atoms with Gasteiger partial charge in [-0.05, 0) is 16.7 Å². The van der Waals surface area contributed by atoms with Crippen molar-refractivity contribution in [1.29, 1.82) is 0 Å². The van der Waals surface area contributed by atoms with E-state index < -0.39 is 5.97 Å². The zero-order chi connectivity index (χ0) is 12.0. The lowest BCUT2D eigenvalue weighted by Crippen LogP contribution is -2.05. The Labute approximate surface area is 96.3 Å². The van der Waals surface area contributed by atoms with Gasteiger partial charge >= 0.3 is 5.97 Å². The van der Waals surface area contributed by atoms with Gasteiger partial charge in [0, 0.05) is 5.03 Å². The minimum atomic E-state index is -0.723. The summed E-state index contributed by atoms with van der Waals surface area (Å²) in [4.78, 5) is 10.9. The lowest BCUT2D eigenvalue weighted by atomic mass is 9.94. The van der Waals surface area contributed by atoms with Gasteiger partial charge in [0.2, 0.25) is 0 Å². The van der Waals surface area contributed by atoms with E-state index in [2.05, 4.69) is 0 Å². The Balaban J connectivity index is 2.83. The molecule has 3 heteroatoms. The Hall–Kier alpha value is -0.500. The smallest absolute Gasteiger partial charge is 0.307 e. The molecule has 1 aliphatic rings. The molecule has 2 nitrogen and oxygen atoms in total. The van der Waals surface area contributed by atoms with Gasteiger partial charge in [-0.15, -0.1) is 0 Å². The van der Waals surface area contributed by atoms with Crippen LogP contribution in [0.2, 0.25) is 0 Å². The van der Waals surface area contributed by atoms with E-state index in [1.165, 1.54) is 0 Å². The maximum Gasteiger partial charge on any atom is 0.307 e. The van der Waals surface area contributed by atoms with E-state index in [9.17, 15) is 4.79 Å². The highest BCUT2D eigenvalue weighted by molar-refractivity contribution is 6.30. The number of halogens is 1. The van der Waals surface area contributed by atoms with Crippen LogP contribution in [0.3, 0.4) is 0 Å². The molecule has 1 N–H and O–H groups in total. The van der Waals surface area contributed by atoms with Crippen molar-refractivity contribution in [2.45, 2.75) is 34.6 Å². The predicted molar refractivity (Wildman–Crippen MR) is 61.8 cm³/mol. The first-order valence-electron chi connectivity index (χ1n) is 5.19. The SMILES string of the molecule is CC(C)(C)/C(Cl)=C/[C@@H]1[C@@H](C(=O)O)C1(C)C. The first kappa shape index (κ1) is 12.6. The maximum atomic E-state index is 10.9. The van der Waals surface area contributed by atoms with Crippen LogP contribution >= 0.6 is 11.6 Å². The summed E-state index contributed by atoms with van der Waals surface area (Å²) in [6.45, 7) is 10.0. The molecule has 0 bridgehead atoms. The van der Waals surface area contributed by atoms with Gasteiger partial charge in [-0.2, -0.15) is 0 Å². The largest absolute Gasteiger partial charge is 0.481 e. The number of rotatable bonds is 2. The summed E-state index contributed by atoms with van der Waals surface area (Å²) in [5.41, 5.74) is -0.250. The van der Waals surface area contributed by atoms with Crippen LogP contribution in [0.4, 0.5) is 0 Å². The second kappa shape index (κ2) is 3.51. The fourth-order valence-corrected chi connectivity index (χ4v) is 2.00. The van der Waals surface area contributed by atoms with Crippen LogP contribution in [0.1, 0.15) is 34.6 Å². The third kappa shape index (κ3) is 2.36. The molecule has 1 saturated carbocycles. The lowest BCUT2D eigenvalue weighted by molar-refractivity contribution is -0.139. The van der Waals surface area contributed by atoms with Gasteiger partial charge < -0.3 is 5.11 Å². The minimum absolute atomic E-state index is 0.0710. The molecular formula is C12H19ClO2. The molecule has 0 heterocycles. The summed E-state index contributed by atoms with van der Waals surface area (Å²) >= 11 is 6.16. The third-order valence-electron chi connectivity index (χ3n) is 3.22. The third-order valence-corrected chi connectivity index (χ3v) is 3.91. The van der Waals surface area contributed by atoms with Crippen LogP contribution in [0, 0.1) is 22.7 Å². The van der Waals surface area contributed by atoms with E-state index in [4.69, 9.17) is 16.7 Å². The Kier molecular flexibility index (Phi) is 2.94. The molecule has 0 aromatic rings. The summed E-state index contributed by atoms with van der Waals surface area (Å²) in [6, 6.07) is 0. The van der Waals surface area contributed by atoms with Gasteiger partial charge in [0.1, 0.15) is 0 Å². The Morgan fingerprint density at radius 2 is 1.87 bits per heavy atom. The van der Waals surface area contributed by atoms with Gasteiger partial charge in [-0.3, -0.25) is 4.79 Å². The average Bonchev–Trinajstić information content (AvgIpc) is 2.50. The fourth-order valence-electron chi connectivity index (χ4n) is 1.87. The van der Waals surface area contributed by atoms with E-state index in [1.54, 1.807) is 0 Å². The van der Waals surface area contributed by atoms with Gasteiger partial charge in [-0.25, -0.2) is 0 Å². The minimum Gasteiger partial charge on any atom is -0.481 e. The molecule has 2 atom stereocenters. The molecule has 0 spiro atoms. The molecule has 0 aliphatic heterocycles. The van der Waals surface area contributed by atoms with Crippen molar-refractivity contribution >= 4 is 17.6 Å². The van der Waals surface area contributed by atoms with Gasteiger partial charge in [0.25, 0.3) is 0 Å². The maximum absolute atomic E-state index is 10.9. The molecule has 0 aromatic carbocycles. The van der Waals surface area contributed by atoms with Crippen molar-refractivity contribution in [2.24, 2.45) is 22.7 Å². The molecule has 0 unspecified atom stereocenters.